The van der Waals surface area contributed by atoms with Gasteiger partial charge in [-0.3, -0.25) is 0 Å². The molecule has 0 fully saturated rings. The lowest BCUT2D eigenvalue weighted by Crippen LogP contribution is -2.04. The van der Waals surface area contributed by atoms with Gasteiger partial charge in [-0.1, -0.05) is 200 Å². The number of benzene rings is 1. The van der Waals surface area contributed by atoms with Crippen LogP contribution in [0.5, 0.6) is 0 Å². The van der Waals surface area contributed by atoms with Crippen LogP contribution in [0.3, 0.4) is 0 Å². The summed E-state index contributed by atoms with van der Waals surface area (Å²) in [4.78, 5) is 0. The summed E-state index contributed by atoms with van der Waals surface area (Å²) in [6.45, 7) is 6.93. The van der Waals surface area contributed by atoms with Crippen molar-refractivity contribution < 1.29 is 0 Å². The lowest BCUT2D eigenvalue weighted by molar-refractivity contribution is 0.551. The standard InChI is InChI=1S/C44H78/c1-5-9-12-15-18-21-24-27-30-33-36-42-39-41(8-4)40-43(37-34-31-28-25-22-19-16-13-10-6-2)44(42)38-35-32-29-26-23-20-17-14-11-7-3/h4,39-40H,5-7,9-38H2,1-3H3. The van der Waals surface area contributed by atoms with Crippen LogP contribution in [0.15, 0.2) is 12.1 Å². The van der Waals surface area contributed by atoms with Gasteiger partial charge in [-0.25, -0.2) is 0 Å². The van der Waals surface area contributed by atoms with Crippen LogP contribution in [0.25, 0.3) is 0 Å². The van der Waals surface area contributed by atoms with E-state index in [1.165, 1.54) is 212 Å². The molecule has 0 N–H and O–H groups in total. The molecule has 0 nitrogen and oxygen atoms in total. The molecule has 0 heteroatoms. The van der Waals surface area contributed by atoms with E-state index in [9.17, 15) is 0 Å². The highest BCUT2D eigenvalue weighted by molar-refractivity contribution is 5.45. The first kappa shape index (κ1) is 40.8. The molecule has 0 bridgehead atoms. The molecule has 1 aromatic rings. The maximum atomic E-state index is 6.00. The van der Waals surface area contributed by atoms with Crippen LogP contribution >= 0.6 is 0 Å². The molecule has 0 saturated heterocycles. The number of unbranched alkanes of at least 4 members (excludes halogenated alkanes) is 27. The van der Waals surface area contributed by atoms with Gasteiger partial charge in [0.2, 0.25) is 0 Å². The minimum Gasteiger partial charge on any atom is -0.115 e. The van der Waals surface area contributed by atoms with Crippen LogP contribution in [-0.4, -0.2) is 0 Å². The van der Waals surface area contributed by atoms with Crippen LogP contribution in [0.2, 0.25) is 0 Å². The van der Waals surface area contributed by atoms with Gasteiger partial charge in [0.15, 0.2) is 0 Å². The zero-order valence-electron chi connectivity index (χ0n) is 30.6. The smallest absolute Gasteiger partial charge is 0.0248 e. The third-order valence-electron chi connectivity index (χ3n) is 9.98. The van der Waals surface area contributed by atoms with E-state index < -0.39 is 0 Å². The van der Waals surface area contributed by atoms with Crippen molar-refractivity contribution >= 4 is 0 Å². The molecule has 0 aliphatic carbocycles. The van der Waals surface area contributed by atoms with E-state index in [2.05, 4.69) is 38.8 Å². The summed E-state index contributed by atoms with van der Waals surface area (Å²) < 4.78 is 0. The fourth-order valence-electron chi connectivity index (χ4n) is 7.04. The Kier molecular flexibility index (Phi) is 29.4. The highest BCUT2D eigenvalue weighted by atomic mass is 14.2. The molecule has 0 aromatic heterocycles. The second-order valence-electron chi connectivity index (χ2n) is 14.2. The molecule has 0 unspecified atom stereocenters. The first-order valence-corrected chi connectivity index (χ1v) is 20.4. The van der Waals surface area contributed by atoms with Crippen molar-refractivity contribution in [3.05, 3.63) is 34.4 Å². The zero-order valence-corrected chi connectivity index (χ0v) is 30.6. The molecule has 0 radical (unpaired) electrons. The third kappa shape index (κ3) is 23.2. The Morgan fingerprint density at radius 2 is 0.614 bits per heavy atom. The summed E-state index contributed by atoms with van der Waals surface area (Å²) in [5, 5.41) is 0. The quantitative estimate of drug-likeness (QED) is 0.0551. The van der Waals surface area contributed by atoms with E-state index in [1.54, 1.807) is 16.7 Å². The number of terminal acetylenes is 1. The Morgan fingerprint density at radius 3 is 0.886 bits per heavy atom. The van der Waals surface area contributed by atoms with Crippen molar-refractivity contribution in [3.8, 4) is 12.3 Å². The van der Waals surface area contributed by atoms with E-state index in [0.29, 0.717) is 0 Å². The predicted molar refractivity (Wildman–Crippen MR) is 201 cm³/mol. The maximum absolute atomic E-state index is 6.00. The van der Waals surface area contributed by atoms with Crippen molar-refractivity contribution in [3.63, 3.8) is 0 Å². The molecular formula is C44H78. The first-order valence-electron chi connectivity index (χ1n) is 20.4. The fourth-order valence-corrected chi connectivity index (χ4v) is 7.04. The molecule has 0 aliphatic rings. The summed E-state index contributed by atoms with van der Waals surface area (Å²) in [6, 6.07) is 4.78. The minimum absolute atomic E-state index is 1.13. The van der Waals surface area contributed by atoms with E-state index in [1.807, 2.05) is 0 Å². The van der Waals surface area contributed by atoms with Crippen molar-refractivity contribution in [2.24, 2.45) is 0 Å². The normalized spacial score (nSPS) is 11.3. The highest BCUT2D eigenvalue weighted by Gasteiger charge is 2.11. The number of hydrogen-bond acceptors (Lipinski definition) is 0. The summed E-state index contributed by atoms with van der Waals surface area (Å²) in [5.74, 6) is 3.02. The average Bonchev–Trinajstić information content (AvgIpc) is 3.04. The Balaban J connectivity index is 2.57. The molecule has 0 saturated carbocycles. The molecule has 0 spiro atoms. The summed E-state index contributed by atoms with van der Waals surface area (Å²) >= 11 is 0. The Bertz CT molecular complexity index is 735. The molecule has 254 valence electrons. The van der Waals surface area contributed by atoms with Gasteiger partial charge in [-0.2, -0.15) is 0 Å². The van der Waals surface area contributed by atoms with Crippen LogP contribution in [0.4, 0.5) is 0 Å². The second-order valence-corrected chi connectivity index (χ2v) is 14.2. The summed E-state index contributed by atoms with van der Waals surface area (Å²) in [7, 11) is 0. The van der Waals surface area contributed by atoms with Gasteiger partial charge >= 0.3 is 0 Å². The first-order chi connectivity index (χ1) is 21.8. The topological polar surface area (TPSA) is 0 Å². The highest BCUT2D eigenvalue weighted by Crippen LogP contribution is 2.26. The maximum Gasteiger partial charge on any atom is 0.0248 e. The van der Waals surface area contributed by atoms with Crippen molar-refractivity contribution in [2.45, 2.75) is 233 Å². The van der Waals surface area contributed by atoms with Gasteiger partial charge in [-0.15, -0.1) is 6.42 Å². The van der Waals surface area contributed by atoms with Crippen molar-refractivity contribution in [2.75, 3.05) is 0 Å². The van der Waals surface area contributed by atoms with Crippen LogP contribution in [-0.2, 0) is 19.3 Å². The largest absolute Gasteiger partial charge is 0.115 e. The number of rotatable bonds is 33. The van der Waals surface area contributed by atoms with E-state index >= 15 is 0 Å². The SMILES string of the molecule is C#Cc1cc(CCCCCCCCCCCC)c(CCCCCCCCCCCC)c(CCCCCCCCCCCC)c1. The molecule has 0 heterocycles. The summed E-state index contributed by atoms with van der Waals surface area (Å²) in [5.41, 5.74) is 6.01. The van der Waals surface area contributed by atoms with E-state index in [4.69, 9.17) is 6.42 Å². The second kappa shape index (κ2) is 31.7. The molecule has 0 atom stereocenters. The Hall–Kier alpha value is -1.22. The predicted octanol–water partition coefficient (Wildman–Crippen LogP) is 15.1. The van der Waals surface area contributed by atoms with Gasteiger partial charge in [-0.05, 0) is 67.3 Å². The Morgan fingerprint density at radius 1 is 0.364 bits per heavy atom. The average molecular weight is 607 g/mol. The Labute approximate surface area is 278 Å². The van der Waals surface area contributed by atoms with Gasteiger partial charge in [0.1, 0.15) is 0 Å². The third-order valence-corrected chi connectivity index (χ3v) is 9.98. The molecule has 0 amide bonds. The van der Waals surface area contributed by atoms with Gasteiger partial charge in [0, 0.05) is 5.56 Å². The van der Waals surface area contributed by atoms with Crippen LogP contribution < -0.4 is 0 Å². The van der Waals surface area contributed by atoms with E-state index in [-0.39, 0.29) is 0 Å². The molecular weight excluding hydrogens is 528 g/mol. The van der Waals surface area contributed by atoms with Gasteiger partial charge in [0.05, 0.1) is 0 Å². The van der Waals surface area contributed by atoms with Crippen molar-refractivity contribution in [1.82, 2.24) is 0 Å². The zero-order chi connectivity index (χ0) is 31.8. The molecule has 1 aromatic carbocycles. The van der Waals surface area contributed by atoms with Crippen molar-refractivity contribution in [1.29, 1.82) is 0 Å². The van der Waals surface area contributed by atoms with Crippen LogP contribution in [0, 0.1) is 12.3 Å². The number of aryl methyl sites for hydroxylation is 2. The number of hydrogen-bond donors (Lipinski definition) is 0. The van der Waals surface area contributed by atoms with Gasteiger partial charge < -0.3 is 0 Å². The molecule has 0 aliphatic heterocycles. The fraction of sp³-hybridized carbons (Fsp3) is 0.818. The summed E-state index contributed by atoms with van der Waals surface area (Å²) in [6.07, 6.45) is 51.9. The minimum atomic E-state index is 1.13. The van der Waals surface area contributed by atoms with E-state index in [0.717, 1.165) is 5.56 Å². The lowest BCUT2D eigenvalue weighted by atomic mass is 9.88. The lowest BCUT2D eigenvalue weighted by Gasteiger charge is -2.17. The monoisotopic (exact) mass is 607 g/mol. The van der Waals surface area contributed by atoms with Gasteiger partial charge in [0.25, 0.3) is 0 Å². The molecule has 44 heavy (non-hydrogen) atoms. The van der Waals surface area contributed by atoms with Crippen LogP contribution in [0.1, 0.15) is 236 Å². The molecule has 1 rings (SSSR count).